The second-order valence-electron chi connectivity index (χ2n) is 4.66. The lowest BCUT2D eigenvalue weighted by Gasteiger charge is -2.18. The molecule has 0 aliphatic carbocycles. The molecule has 1 aromatic carbocycles. The molecule has 0 aromatic heterocycles. The SMILES string of the molecule is O=C(O)c1ccc(C2CCN(C(=O)C(F)(F)F)C2)cc1. The van der Waals surface area contributed by atoms with Crippen molar-refractivity contribution in [3.8, 4) is 0 Å². The van der Waals surface area contributed by atoms with Gasteiger partial charge in [-0.1, -0.05) is 12.1 Å². The number of alkyl halides is 3. The molecular weight excluding hydrogens is 275 g/mol. The van der Waals surface area contributed by atoms with E-state index in [2.05, 4.69) is 0 Å². The topological polar surface area (TPSA) is 57.6 Å². The summed E-state index contributed by atoms with van der Waals surface area (Å²) in [5.41, 5.74) is 0.863. The minimum Gasteiger partial charge on any atom is -0.478 e. The number of carboxylic acids is 1. The van der Waals surface area contributed by atoms with Crippen molar-refractivity contribution in [3.05, 3.63) is 35.4 Å². The van der Waals surface area contributed by atoms with Gasteiger partial charge in [-0.25, -0.2) is 4.79 Å². The van der Waals surface area contributed by atoms with Gasteiger partial charge in [-0.05, 0) is 24.1 Å². The lowest BCUT2D eigenvalue weighted by Crippen LogP contribution is -2.39. The molecule has 4 nitrogen and oxygen atoms in total. The van der Waals surface area contributed by atoms with E-state index in [4.69, 9.17) is 5.11 Å². The van der Waals surface area contributed by atoms with Gasteiger partial charge in [-0.15, -0.1) is 0 Å². The molecule has 1 aromatic rings. The van der Waals surface area contributed by atoms with Crippen LogP contribution >= 0.6 is 0 Å². The molecule has 1 aliphatic rings. The number of rotatable bonds is 2. The number of carbonyl (C=O) groups excluding carboxylic acids is 1. The quantitative estimate of drug-likeness (QED) is 0.907. The van der Waals surface area contributed by atoms with Crippen LogP contribution in [0.3, 0.4) is 0 Å². The number of aromatic carboxylic acids is 1. The molecule has 0 bridgehead atoms. The first kappa shape index (κ1) is 14.4. The predicted molar refractivity (Wildman–Crippen MR) is 63.4 cm³/mol. The maximum atomic E-state index is 12.3. The number of halogens is 3. The van der Waals surface area contributed by atoms with Crippen molar-refractivity contribution in [2.75, 3.05) is 13.1 Å². The summed E-state index contributed by atoms with van der Waals surface area (Å²) < 4.78 is 36.9. The van der Waals surface area contributed by atoms with E-state index in [0.717, 1.165) is 10.5 Å². The second kappa shape index (κ2) is 5.15. The number of benzene rings is 1. The Morgan fingerprint density at radius 3 is 2.30 bits per heavy atom. The van der Waals surface area contributed by atoms with Crippen LogP contribution in [0, 0.1) is 0 Å². The Morgan fingerprint density at radius 1 is 1.20 bits per heavy atom. The predicted octanol–water partition coefficient (Wildman–Crippen LogP) is 2.26. The standard InChI is InChI=1S/C13H12F3NO3/c14-13(15,16)12(20)17-6-5-10(7-17)8-1-3-9(4-2-8)11(18)19/h1-4,10H,5-7H2,(H,18,19). The van der Waals surface area contributed by atoms with Crippen LogP contribution < -0.4 is 0 Å². The first-order valence-corrected chi connectivity index (χ1v) is 5.98. The second-order valence-corrected chi connectivity index (χ2v) is 4.66. The molecule has 1 fully saturated rings. The highest BCUT2D eigenvalue weighted by Gasteiger charge is 2.44. The van der Waals surface area contributed by atoms with Gasteiger partial charge in [0, 0.05) is 19.0 Å². The van der Waals surface area contributed by atoms with E-state index in [-0.39, 0.29) is 24.6 Å². The normalized spacial score (nSPS) is 19.1. The van der Waals surface area contributed by atoms with E-state index < -0.39 is 18.1 Å². The van der Waals surface area contributed by atoms with Crippen LogP contribution in [-0.2, 0) is 4.79 Å². The maximum Gasteiger partial charge on any atom is 0.471 e. The number of carbonyl (C=O) groups is 2. The van der Waals surface area contributed by atoms with Crippen LogP contribution in [0.2, 0.25) is 0 Å². The molecule has 0 radical (unpaired) electrons. The Labute approximate surface area is 112 Å². The van der Waals surface area contributed by atoms with Gasteiger partial charge in [0.25, 0.3) is 0 Å². The van der Waals surface area contributed by atoms with Crippen molar-refractivity contribution in [3.63, 3.8) is 0 Å². The minimum absolute atomic E-state index is 0.00472. The zero-order chi connectivity index (χ0) is 14.9. The van der Waals surface area contributed by atoms with Crippen LogP contribution in [0.1, 0.15) is 28.3 Å². The van der Waals surface area contributed by atoms with Gasteiger partial charge in [0.1, 0.15) is 0 Å². The summed E-state index contributed by atoms with van der Waals surface area (Å²) in [6.07, 6.45) is -4.41. The number of nitrogens with zero attached hydrogens (tertiary/aromatic N) is 1. The summed E-state index contributed by atoms with van der Waals surface area (Å²) in [6.45, 7) is 0.0639. The Hall–Kier alpha value is -2.05. The number of amides is 1. The highest BCUT2D eigenvalue weighted by Crippen LogP contribution is 2.30. The molecule has 0 saturated carbocycles. The lowest BCUT2D eigenvalue weighted by atomic mass is 9.97. The molecule has 20 heavy (non-hydrogen) atoms. The molecule has 0 spiro atoms. The third-order valence-electron chi connectivity index (χ3n) is 3.35. The Morgan fingerprint density at radius 2 is 1.80 bits per heavy atom. The third kappa shape index (κ3) is 2.92. The molecule has 1 heterocycles. The van der Waals surface area contributed by atoms with Crippen LogP contribution in [0.4, 0.5) is 13.2 Å². The van der Waals surface area contributed by atoms with Gasteiger partial charge in [0.15, 0.2) is 0 Å². The van der Waals surface area contributed by atoms with Crippen molar-refractivity contribution in [2.24, 2.45) is 0 Å². The third-order valence-corrected chi connectivity index (χ3v) is 3.35. The van der Waals surface area contributed by atoms with E-state index in [1.54, 1.807) is 12.1 Å². The molecule has 1 atom stereocenters. The van der Waals surface area contributed by atoms with E-state index in [9.17, 15) is 22.8 Å². The molecule has 1 saturated heterocycles. The van der Waals surface area contributed by atoms with Crippen molar-refractivity contribution < 1.29 is 27.9 Å². The molecule has 108 valence electrons. The van der Waals surface area contributed by atoms with E-state index >= 15 is 0 Å². The van der Waals surface area contributed by atoms with Gasteiger partial charge < -0.3 is 10.0 Å². The van der Waals surface area contributed by atoms with Crippen LogP contribution in [0.15, 0.2) is 24.3 Å². The van der Waals surface area contributed by atoms with E-state index in [1.807, 2.05) is 0 Å². The Bertz CT molecular complexity index is 525. The molecule has 1 amide bonds. The first-order valence-electron chi connectivity index (χ1n) is 5.98. The minimum atomic E-state index is -4.85. The monoisotopic (exact) mass is 287 g/mol. The number of hydrogen-bond donors (Lipinski definition) is 1. The highest BCUT2D eigenvalue weighted by atomic mass is 19.4. The van der Waals surface area contributed by atoms with Gasteiger partial charge in [0.2, 0.25) is 0 Å². The highest BCUT2D eigenvalue weighted by molar-refractivity contribution is 5.87. The molecule has 7 heteroatoms. The summed E-state index contributed by atoms with van der Waals surface area (Å²) in [5.74, 6) is -3.07. The first-order chi connectivity index (χ1) is 9.29. The fourth-order valence-electron chi connectivity index (χ4n) is 2.29. The molecule has 1 N–H and O–H groups in total. The number of carboxylic acid groups (broad SMARTS) is 1. The van der Waals surface area contributed by atoms with Gasteiger partial charge in [-0.3, -0.25) is 4.79 Å². The zero-order valence-corrected chi connectivity index (χ0v) is 10.4. The van der Waals surface area contributed by atoms with Crippen molar-refractivity contribution in [2.45, 2.75) is 18.5 Å². The Balaban J connectivity index is 2.06. The zero-order valence-electron chi connectivity index (χ0n) is 10.4. The van der Waals surface area contributed by atoms with Crippen molar-refractivity contribution in [1.82, 2.24) is 4.90 Å². The van der Waals surface area contributed by atoms with Gasteiger partial charge in [-0.2, -0.15) is 13.2 Å². The van der Waals surface area contributed by atoms with Crippen LogP contribution in [0.5, 0.6) is 0 Å². The van der Waals surface area contributed by atoms with Crippen molar-refractivity contribution in [1.29, 1.82) is 0 Å². The molecule has 1 unspecified atom stereocenters. The molecule has 1 aliphatic heterocycles. The van der Waals surface area contributed by atoms with Crippen LogP contribution in [-0.4, -0.2) is 41.1 Å². The molecular formula is C13H12F3NO3. The summed E-state index contributed by atoms with van der Waals surface area (Å²) in [5, 5.41) is 8.77. The largest absolute Gasteiger partial charge is 0.478 e. The lowest BCUT2D eigenvalue weighted by molar-refractivity contribution is -0.184. The number of likely N-dealkylation sites (tertiary alicyclic amines) is 1. The number of hydrogen-bond acceptors (Lipinski definition) is 2. The maximum absolute atomic E-state index is 12.3. The summed E-state index contributed by atoms with van der Waals surface area (Å²) in [6, 6.07) is 5.98. The summed E-state index contributed by atoms with van der Waals surface area (Å²) in [7, 11) is 0. The fraction of sp³-hybridized carbons (Fsp3) is 0.385. The fourth-order valence-corrected chi connectivity index (χ4v) is 2.29. The average molecular weight is 287 g/mol. The molecule has 2 rings (SSSR count). The van der Waals surface area contributed by atoms with Gasteiger partial charge >= 0.3 is 18.1 Å². The summed E-state index contributed by atoms with van der Waals surface area (Å²) >= 11 is 0. The van der Waals surface area contributed by atoms with Crippen LogP contribution in [0.25, 0.3) is 0 Å². The smallest absolute Gasteiger partial charge is 0.471 e. The van der Waals surface area contributed by atoms with E-state index in [0.29, 0.717) is 6.42 Å². The average Bonchev–Trinajstić information content (AvgIpc) is 2.86. The van der Waals surface area contributed by atoms with Crippen molar-refractivity contribution >= 4 is 11.9 Å². The summed E-state index contributed by atoms with van der Waals surface area (Å²) in [4.78, 5) is 22.6. The van der Waals surface area contributed by atoms with E-state index in [1.165, 1.54) is 12.1 Å². The van der Waals surface area contributed by atoms with Gasteiger partial charge in [0.05, 0.1) is 5.56 Å². The Kier molecular flexibility index (Phi) is 3.69.